The van der Waals surface area contributed by atoms with E-state index in [9.17, 15) is 8.78 Å². The van der Waals surface area contributed by atoms with Gasteiger partial charge in [0.05, 0.1) is 13.1 Å². The maximum atomic E-state index is 12.2. The summed E-state index contributed by atoms with van der Waals surface area (Å²) in [4.78, 5) is 4.06. The Kier molecular flexibility index (Phi) is 2.26. The quantitative estimate of drug-likeness (QED) is 0.350. The van der Waals surface area contributed by atoms with Crippen LogP contribution >= 0.6 is 0 Å². The third-order valence-electron chi connectivity index (χ3n) is 1.49. The van der Waals surface area contributed by atoms with E-state index in [0.717, 1.165) is 0 Å². The number of azide groups is 1. The summed E-state index contributed by atoms with van der Waals surface area (Å²) < 4.78 is 24.3. The molecule has 0 bridgehead atoms. The van der Waals surface area contributed by atoms with Crippen LogP contribution in [0.3, 0.4) is 0 Å². The van der Waals surface area contributed by atoms with Gasteiger partial charge in [-0.05, 0) is 5.53 Å². The first kappa shape index (κ1) is 8.23. The molecule has 0 amide bonds. The minimum Gasteiger partial charge on any atom is -0.291 e. The molecule has 0 aromatic carbocycles. The van der Waals surface area contributed by atoms with Gasteiger partial charge in [-0.1, -0.05) is 5.11 Å². The van der Waals surface area contributed by atoms with Gasteiger partial charge >= 0.3 is 0 Å². The highest BCUT2D eigenvalue weighted by Crippen LogP contribution is 2.25. The van der Waals surface area contributed by atoms with Crippen LogP contribution in [0, 0.1) is 0 Å². The standard InChI is InChI=1S/C5H8F2N4/c6-5(7)3-11(4-5)2-1-9-10-8/h1-4H2. The van der Waals surface area contributed by atoms with Crippen LogP contribution in [0.1, 0.15) is 0 Å². The number of nitrogens with zero attached hydrogens (tertiary/aromatic N) is 4. The number of likely N-dealkylation sites (tertiary alicyclic amines) is 1. The van der Waals surface area contributed by atoms with Gasteiger partial charge in [-0.25, -0.2) is 8.78 Å². The van der Waals surface area contributed by atoms with Gasteiger partial charge in [0.1, 0.15) is 0 Å². The van der Waals surface area contributed by atoms with Crippen LogP contribution in [0.5, 0.6) is 0 Å². The Bertz CT molecular complexity index is 179. The highest BCUT2D eigenvalue weighted by Gasteiger charge is 2.42. The summed E-state index contributed by atoms with van der Waals surface area (Å²) in [5.74, 6) is -2.52. The van der Waals surface area contributed by atoms with Crippen molar-refractivity contribution in [2.24, 2.45) is 5.11 Å². The number of alkyl halides is 2. The number of rotatable bonds is 3. The molecule has 0 unspecified atom stereocenters. The predicted molar refractivity (Wildman–Crippen MR) is 35.4 cm³/mol. The first-order valence-electron chi connectivity index (χ1n) is 3.25. The number of halogens is 2. The molecule has 4 nitrogen and oxygen atoms in total. The van der Waals surface area contributed by atoms with E-state index < -0.39 is 5.92 Å². The molecule has 6 heteroatoms. The molecule has 11 heavy (non-hydrogen) atoms. The Hall–Kier alpha value is -0.870. The van der Waals surface area contributed by atoms with Crippen molar-refractivity contribution in [1.29, 1.82) is 0 Å². The summed E-state index contributed by atoms with van der Waals surface area (Å²) in [5, 5.41) is 3.24. The fraction of sp³-hybridized carbons (Fsp3) is 1.00. The van der Waals surface area contributed by atoms with Crippen molar-refractivity contribution in [3.05, 3.63) is 10.4 Å². The van der Waals surface area contributed by atoms with Crippen LogP contribution in [0.15, 0.2) is 5.11 Å². The van der Waals surface area contributed by atoms with E-state index in [1.807, 2.05) is 0 Å². The first-order chi connectivity index (χ1) is 5.14. The molecule has 0 radical (unpaired) electrons. The zero-order chi connectivity index (χ0) is 8.32. The van der Waals surface area contributed by atoms with E-state index in [0.29, 0.717) is 6.54 Å². The third-order valence-corrected chi connectivity index (χ3v) is 1.49. The van der Waals surface area contributed by atoms with Crippen molar-refractivity contribution < 1.29 is 8.78 Å². The number of hydrogen-bond donors (Lipinski definition) is 0. The zero-order valence-electron chi connectivity index (χ0n) is 5.87. The lowest BCUT2D eigenvalue weighted by Crippen LogP contribution is -2.56. The fourth-order valence-corrected chi connectivity index (χ4v) is 0.997. The molecular weight excluding hydrogens is 154 g/mol. The van der Waals surface area contributed by atoms with E-state index in [1.54, 1.807) is 4.90 Å². The zero-order valence-corrected chi connectivity index (χ0v) is 5.87. The summed E-state index contributed by atoms with van der Waals surface area (Å²) in [6, 6.07) is 0. The van der Waals surface area contributed by atoms with E-state index in [4.69, 9.17) is 5.53 Å². The molecule has 0 N–H and O–H groups in total. The van der Waals surface area contributed by atoms with Gasteiger partial charge in [-0.15, -0.1) is 0 Å². The lowest BCUT2D eigenvalue weighted by Gasteiger charge is -2.38. The normalized spacial score (nSPS) is 22.0. The highest BCUT2D eigenvalue weighted by atomic mass is 19.3. The van der Waals surface area contributed by atoms with Gasteiger partial charge in [0.15, 0.2) is 0 Å². The molecule has 0 aromatic heterocycles. The lowest BCUT2D eigenvalue weighted by molar-refractivity contribution is -0.128. The Morgan fingerprint density at radius 1 is 1.55 bits per heavy atom. The van der Waals surface area contributed by atoms with Gasteiger partial charge in [0, 0.05) is 18.0 Å². The molecular formula is C5H8F2N4. The molecule has 0 atom stereocenters. The molecule has 1 fully saturated rings. The summed E-state index contributed by atoms with van der Waals surface area (Å²) in [6.07, 6.45) is 0. The van der Waals surface area contributed by atoms with Crippen molar-refractivity contribution >= 4 is 0 Å². The van der Waals surface area contributed by atoms with Crippen molar-refractivity contribution in [3.63, 3.8) is 0 Å². The van der Waals surface area contributed by atoms with Gasteiger partial charge < -0.3 is 0 Å². The first-order valence-corrected chi connectivity index (χ1v) is 3.25. The minimum atomic E-state index is -2.52. The summed E-state index contributed by atoms with van der Waals surface area (Å²) in [5.41, 5.74) is 7.86. The summed E-state index contributed by atoms with van der Waals surface area (Å²) in [6.45, 7) is 0.300. The summed E-state index contributed by atoms with van der Waals surface area (Å²) >= 11 is 0. The monoisotopic (exact) mass is 162 g/mol. The van der Waals surface area contributed by atoms with E-state index in [1.165, 1.54) is 0 Å². The van der Waals surface area contributed by atoms with Crippen LogP contribution in [0.4, 0.5) is 8.78 Å². The molecule has 1 aliphatic heterocycles. The molecule has 1 rings (SSSR count). The van der Waals surface area contributed by atoms with Crippen molar-refractivity contribution in [2.75, 3.05) is 26.2 Å². The van der Waals surface area contributed by atoms with Crippen molar-refractivity contribution in [1.82, 2.24) is 4.90 Å². The van der Waals surface area contributed by atoms with Gasteiger partial charge in [0.2, 0.25) is 0 Å². The lowest BCUT2D eigenvalue weighted by atomic mass is 10.1. The Balaban J connectivity index is 2.09. The van der Waals surface area contributed by atoms with E-state index in [-0.39, 0.29) is 19.6 Å². The predicted octanol–water partition coefficient (Wildman–Crippen LogP) is 1.25. The second-order valence-corrected chi connectivity index (χ2v) is 2.52. The Morgan fingerprint density at radius 2 is 2.18 bits per heavy atom. The molecule has 62 valence electrons. The van der Waals surface area contributed by atoms with Gasteiger partial charge in [0.25, 0.3) is 5.92 Å². The van der Waals surface area contributed by atoms with Crippen LogP contribution in [0.25, 0.3) is 10.4 Å². The number of hydrogen-bond acceptors (Lipinski definition) is 2. The molecule has 1 heterocycles. The smallest absolute Gasteiger partial charge is 0.272 e. The van der Waals surface area contributed by atoms with Crippen LogP contribution in [-0.2, 0) is 0 Å². The van der Waals surface area contributed by atoms with Crippen LogP contribution in [-0.4, -0.2) is 37.0 Å². The van der Waals surface area contributed by atoms with Crippen molar-refractivity contribution in [2.45, 2.75) is 5.92 Å². The molecule has 0 aromatic rings. The molecule has 0 saturated carbocycles. The van der Waals surface area contributed by atoms with Crippen molar-refractivity contribution in [3.8, 4) is 0 Å². The molecule has 0 spiro atoms. The largest absolute Gasteiger partial charge is 0.291 e. The average Bonchev–Trinajstić information content (AvgIpc) is 1.84. The fourth-order valence-electron chi connectivity index (χ4n) is 0.997. The topological polar surface area (TPSA) is 52.0 Å². The maximum absolute atomic E-state index is 12.2. The van der Waals surface area contributed by atoms with Crippen LogP contribution in [0.2, 0.25) is 0 Å². The van der Waals surface area contributed by atoms with E-state index >= 15 is 0 Å². The van der Waals surface area contributed by atoms with Crippen LogP contribution < -0.4 is 0 Å². The maximum Gasteiger partial charge on any atom is 0.272 e. The molecule has 1 aliphatic rings. The summed E-state index contributed by atoms with van der Waals surface area (Å²) in [7, 11) is 0. The average molecular weight is 162 g/mol. The van der Waals surface area contributed by atoms with E-state index in [2.05, 4.69) is 10.0 Å². The Morgan fingerprint density at radius 3 is 2.64 bits per heavy atom. The molecule has 0 aliphatic carbocycles. The second-order valence-electron chi connectivity index (χ2n) is 2.52. The minimum absolute atomic E-state index is 0.200. The second kappa shape index (κ2) is 3.02. The van der Waals surface area contributed by atoms with Gasteiger partial charge in [-0.3, -0.25) is 4.90 Å². The Labute approximate surface area is 62.4 Å². The SMILES string of the molecule is [N-]=[N+]=NCCN1CC(F)(F)C1. The highest BCUT2D eigenvalue weighted by molar-refractivity contribution is 4.86. The third kappa shape index (κ3) is 2.32. The molecule has 1 saturated heterocycles. The van der Waals surface area contributed by atoms with Gasteiger partial charge in [-0.2, -0.15) is 0 Å².